The SMILES string of the molecule is O=C(c1[nH]ncc1Cl)N1CCC[C@@H](c2[nH]ncc2-c2ccc(F)cc2)C1. The highest BCUT2D eigenvalue weighted by atomic mass is 35.5. The van der Waals surface area contributed by atoms with Crippen molar-refractivity contribution in [2.75, 3.05) is 13.1 Å². The van der Waals surface area contributed by atoms with Crippen LogP contribution in [0.25, 0.3) is 11.1 Å². The second kappa shape index (κ2) is 6.92. The Morgan fingerprint density at radius 1 is 1.19 bits per heavy atom. The number of aromatic amines is 2. The monoisotopic (exact) mass is 373 g/mol. The predicted octanol–water partition coefficient (Wildman–Crippen LogP) is 3.61. The highest BCUT2D eigenvalue weighted by Crippen LogP contribution is 2.33. The number of nitrogens with zero attached hydrogens (tertiary/aromatic N) is 3. The van der Waals surface area contributed by atoms with Crippen LogP contribution in [0.15, 0.2) is 36.7 Å². The third kappa shape index (κ3) is 3.10. The van der Waals surface area contributed by atoms with Crippen LogP contribution < -0.4 is 0 Å². The van der Waals surface area contributed by atoms with Gasteiger partial charge in [-0.2, -0.15) is 10.2 Å². The number of aromatic nitrogens is 4. The van der Waals surface area contributed by atoms with Gasteiger partial charge < -0.3 is 4.90 Å². The first-order valence-electron chi connectivity index (χ1n) is 8.41. The Morgan fingerprint density at radius 2 is 1.96 bits per heavy atom. The standard InChI is InChI=1S/C18H17ClFN5O/c19-15-9-22-24-17(15)18(26)25-7-1-2-12(10-25)16-14(8-21-23-16)11-3-5-13(20)6-4-11/h3-6,8-9,12H,1-2,7,10H2,(H,21,23)(H,22,24)/t12-/m1/s1. The highest BCUT2D eigenvalue weighted by molar-refractivity contribution is 6.33. The van der Waals surface area contributed by atoms with Crippen molar-refractivity contribution in [3.05, 3.63) is 58.9 Å². The van der Waals surface area contributed by atoms with Gasteiger partial charge >= 0.3 is 0 Å². The van der Waals surface area contributed by atoms with Crippen LogP contribution in [0.3, 0.4) is 0 Å². The number of rotatable bonds is 3. The van der Waals surface area contributed by atoms with Gasteiger partial charge in [0.15, 0.2) is 0 Å². The van der Waals surface area contributed by atoms with Gasteiger partial charge in [0.25, 0.3) is 5.91 Å². The average molecular weight is 374 g/mol. The maximum atomic E-state index is 13.2. The smallest absolute Gasteiger partial charge is 0.273 e. The molecular weight excluding hydrogens is 357 g/mol. The van der Waals surface area contributed by atoms with Crippen LogP contribution in [-0.2, 0) is 0 Å². The Labute approximate surface area is 154 Å². The summed E-state index contributed by atoms with van der Waals surface area (Å²) in [5, 5.41) is 14.0. The van der Waals surface area contributed by atoms with Crippen LogP contribution in [0.4, 0.5) is 4.39 Å². The quantitative estimate of drug-likeness (QED) is 0.736. The molecule has 1 aliphatic heterocycles. The Bertz CT molecular complexity index is 920. The number of carbonyl (C=O) groups is 1. The van der Waals surface area contributed by atoms with Crippen LogP contribution >= 0.6 is 11.6 Å². The van der Waals surface area contributed by atoms with E-state index < -0.39 is 0 Å². The molecule has 0 unspecified atom stereocenters. The summed E-state index contributed by atoms with van der Waals surface area (Å²) in [6, 6.07) is 6.34. The number of halogens is 2. The number of likely N-dealkylation sites (tertiary alicyclic amines) is 1. The van der Waals surface area contributed by atoms with E-state index in [9.17, 15) is 9.18 Å². The fraction of sp³-hybridized carbons (Fsp3) is 0.278. The van der Waals surface area contributed by atoms with Crippen LogP contribution in [0.2, 0.25) is 5.02 Å². The molecule has 1 atom stereocenters. The van der Waals surface area contributed by atoms with E-state index in [1.54, 1.807) is 23.2 Å². The number of hydrogen-bond acceptors (Lipinski definition) is 3. The number of hydrogen-bond donors (Lipinski definition) is 2. The number of carbonyl (C=O) groups excluding carboxylic acids is 1. The third-order valence-electron chi connectivity index (χ3n) is 4.75. The van der Waals surface area contributed by atoms with Crippen LogP contribution in [0.1, 0.15) is 34.9 Å². The number of piperidine rings is 1. The molecule has 8 heteroatoms. The van der Waals surface area contributed by atoms with Gasteiger partial charge in [0.05, 0.1) is 17.4 Å². The molecule has 1 saturated heterocycles. The van der Waals surface area contributed by atoms with Crippen molar-refractivity contribution < 1.29 is 9.18 Å². The fourth-order valence-electron chi connectivity index (χ4n) is 3.44. The summed E-state index contributed by atoms with van der Waals surface area (Å²) < 4.78 is 13.2. The van der Waals surface area contributed by atoms with Crippen molar-refractivity contribution in [2.24, 2.45) is 0 Å². The molecule has 26 heavy (non-hydrogen) atoms. The maximum absolute atomic E-state index is 13.2. The number of benzene rings is 1. The first-order chi connectivity index (χ1) is 12.6. The molecule has 0 radical (unpaired) electrons. The molecule has 2 N–H and O–H groups in total. The van der Waals surface area contributed by atoms with E-state index in [2.05, 4.69) is 20.4 Å². The topological polar surface area (TPSA) is 77.7 Å². The Kier molecular flexibility index (Phi) is 4.46. The number of H-pyrrole nitrogens is 2. The summed E-state index contributed by atoms with van der Waals surface area (Å²) in [5.41, 5.74) is 3.11. The fourth-order valence-corrected chi connectivity index (χ4v) is 3.62. The van der Waals surface area contributed by atoms with E-state index in [-0.39, 0.29) is 17.6 Å². The number of nitrogens with one attached hydrogen (secondary N) is 2. The van der Waals surface area contributed by atoms with E-state index in [0.29, 0.717) is 23.8 Å². The van der Waals surface area contributed by atoms with E-state index in [4.69, 9.17) is 11.6 Å². The van der Waals surface area contributed by atoms with Gasteiger partial charge in [-0.25, -0.2) is 4.39 Å². The van der Waals surface area contributed by atoms with Gasteiger partial charge in [0.1, 0.15) is 11.5 Å². The molecule has 3 heterocycles. The second-order valence-electron chi connectivity index (χ2n) is 6.39. The summed E-state index contributed by atoms with van der Waals surface area (Å²) in [6.45, 7) is 1.23. The molecule has 6 nitrogen and oxygen atoms in total. The zero-order valence-electron chi connectivity index (χ0n) is 13.9. The Balaban J connectivity index is 1.57. The molecule has 0 bridgehead atoms. The second-order valence-corrected chi connectivity index (χ2v) is 6.79. The zero-order chi connectivity index (χ0) is 18.1. The summed E-state index contributed by atoms with van der Waals surface area (Å²) in [6.07, 6.45) is 4.99. The largest absolute Gasteiger partial charge is 0.337 e. The molecule has 134 valence electrons. The Hall–Kier alpha value is -2.67. The lowest BCUT2D eigenvalue weighted by atomic mass is 9.90. The minimum atomic E-state index is -0.273. The molecule has 0 aliphatic carbocycles. The van der Waals surface area contributed by atoms with Gasteiger partial charge in [-0.15, -0.1) is 0 Å². The van der Waals surface area contributed by atoms with Crippen molar-refractivity contribution in [1.82, 2.24) is 25.3 Å². The highest BCUT2D eigenvalue weighted by Gasteiger charge is 2.29. The van der Waals surface area contributed by atoms with Gasteiger partial charge in [-0.3, -0.25) is 15.0 Å². The van der Waals surface area contributed by atoms with Crippen molar-refractivity contribution in [1.29, 1.82) is 0 Å². The molecule has 0 spiro atoms. The van der Waals surface area contributed by atoms with Crippen molar-refractivity contribution in [2.45, 2.75) is 18.8 Å². The van der Waals surface area contributed by atoms with Gasteiger partial charge in [0, 0.05) is 30.3 Å². The van der Waals surface area contributed by atoms with Crippen molar-refractivity contribution in [3.63, 3.8) is 0 Å². The van der Waals surface area contributed by atoms with Crippen molar-refractivity contribution >= 4 is 17.5 Å². The first-order valence-corrected chi connectivity index (χ1v) is 8.78. The molecule has 2 aromatic heterocycles. The summed E-state index contributed by atoms with van der Waals surface area (Å²) in [7, 11) is 0. The summed E-state index contributed by atoms with van der Waals surface area (Å²) >= 11 is 6.02. The molecule has 1 amide bonds. The van der Waals surface area contributed by atoms with Crippen LogP contribution in [0.5, 0.6) is 0 Å². The van der Waals surface area contributed by atoms with E-state index in [1.807, 2.05) is 0 Å². The lowest BCUT2D eigenvalue weighted by Crippen LogP contribution is -2.39. The van der Waals surface area contributed by atoms with Gasteiger partial charge in [-0.1, -0.05) is 23.7 Å². The summed E-state index contributed by atoms with van der Waals surface area (Å²) in [4.78, 5) is 14.5. The Morgan fingerprint density at radius 3 is 2.69 bits per heavy atom. The zero-order valence-corrected chi connectivity index (χ0v) is 14.6. The predicted molar refractivity (Wildman–Crippen MR) is 95.5 cm³/mol. The van der Waals surface area contributed by atoms with Gasteiger partial charge in [-0.05, 0) is 30.5 Å². The van der Waals surface area contributed by atoms with Crippen LogP contribution in [0, 0.1) is 5.82 Å². The van der Waals surface area contributed by atoms with E-state index in [0.717, 1.165) is 29.7 Å². The average Bonchev–Trinajstić information content (AvgIpc) is 3.31. The molecule has 4 rings (SSSR count). The molecule has 3 aromatic rings. The van der Waals surface area contributed by atoms with Gasteiger partial charge in [0.2, 0.25) is 0 Å². The van der Waals surface area contributed by atoms with E-state index in [1.165, 1.54) is 18.3 Å². The third-order valence-corrected chi connectivity index (χ3v) is 5.03. The molecule has 0 saturated carbocycles. The molecule has 1 aromatic carbocycles. The van der Waals surface area contributed by atoms with Crippen molar-refractivity contribution in [3.8, 4) is 11.1 Å². The lowest BCUT2D eigenvalue weighted by Gasteiger charge is -2.32. The molecule has 1 fully saturated rings. The normalized spacial score (nSPS) is 17.5. The first kappa shape index (κ1) is 16.8. The van der Waals surface area contributed by atoms with Crippen LogP contribution in [-0.4, -0.2) is 44.3 Å². The minimum absolute atomic E-state index is 0.122. The maximum Gasteiger partial charge on any atom is 0.273 e. The minimum Gasteiger partial charge on any atom is -0.337 e. The van der Waals surface area contributed by atoms with E-state index >= 15 is 0 Å². The lowest BCUT2D eigenvalue weighted by molar-refractivity contribution is 0.0700. The summed E-state index contributed by atoms with van der Waals surface area (Å²) in [5.74, 6) is -0.304. The number of amides is 1. The molecule has 1 aliphatic rings. The molecular formula is C18H17ClFN5O.